The molecule has 1 aliphatic rings. The molecule has 6 nitrogen and oxygen atoms in total. The third kappa shape index (κ3) is 2.70. The fourth-order valence-corrected chi connectivity index (χ4v) is 4.30. The summed E-state index contributed by atoms with van der Waals surface area (Å²) in [6.45, 7) is 6.12. The molecule has 0 radical (unpaired) electrons. The summed E-state index contributed by atoms with van der Waals surface area (Å²) in [5.74, 6) is 0.109. The predicted octanol–water partition coefficient (Wildman–Crippen LogP) is 3.08. The number of aromatic nitrogens is 3. The zero-order valence-corrected chi connectivity index (χ0v) is 17.4. The number of hydrogen-bond donors (Lipinski definition) is 2. The molecule has 0 spiro atoms. The number of halogens is 1. The topological polar surface area (TPSA) is 93.5 Å². The van der Waals surface area contributed by atoms with Crippen molar-refractivity contribution in [1.29, 1.82) is 0 Å². The molecule has 2 aromatic heterocycles. The van der Waals surface area contributed by atoms with Crippen LogP contribution in [0.25, 0.3) is 5.52 Å². The molecule has 0 unspecified atom stereocenters. The maximum Gasteiger partial charge on any atom is 0.307 e. The Kier molecular flexibility index (Phi) is 5.95. The van der Waals surface area contributed by atoms with E-state index < -0.39 is 11.4 Å². The number of nitrogens with two attached hydrogens (primary N) is 1. The van der Waals surface area contributed by atoms with Crippen LogP contribution in [0.2, 0.25) is 0 Å². The molecular weight excluding hydrogens is 412 g/mol. The van der Waals surface area contributed by atoms with E-state index in [0.29, 0.717) is 16.8 Å². The monoisotopic (exact) mass is 434 g/mol. The Bertz CT molecular complexity index is 780. The number of fused-ring (bicyclic) bond motifs is 1. The molecule has 2 atom stereocenters. The second kappa shape index (κ2) is 6.76. The van der Waals surface area contributed by atoms with Gasteiger partial charge in [-0.05, 0) is 34.2 Å². The zero-order valence-electron chi connectivity index (χ0n) is 13.8. The highest BCUT2D eigenvalue weighted by Crippen LogP contribution is 2.57. The summed E-state index contributed by atoms with van der Waals surface area (Å²) in [5.41, 5.74) is 5.91. The van der Waals surface area contributed by atoms with E-state index in [4.69, 9.17) is 5.73 Å². The van der Waals surface area contributed by atoms with E-state index in [1.807, 2.05) is 24.4 Å². The third-order valence-corrected chi connectivity index (χ3v) is 6.11. The molecule has 2 heterocycles. The van der Waals surface area contributed by atoms with Crippen LogP contribution in [0.1, 0.15) is 39.4 Å². The van der Waals surface area contributed by atoms with E-state index in [1.54, 1.807) is 6.20 Å². The van der Waals surface area contributed by atoms with Crippen molar-refractivity contribution in [2.75, 3.05) is 5.73 Å². The summed E-state index contributed by atoms with van der Waals surface area (Å²) >= 11 is 3.45. The minimum atomic E-state index is -0.741. The molecule has 0 saturated heterocycles. The predicted molar refractivity (Wildman–Crippen MR) is 107 cm³/mol. The van der Waals surface area contributed by atoms with Gasteiger partial charge in [-0.2, -0.15) is 27.0 Å². The number of rotatable bonds is 2. The van der Waals surface area contributed by atoms with Gasteiger partial charge in [0.25, 0.3) is 0 Å². The SMILES string of the molecule is CC1(C)[C@@H](C(=O)O)CC[C@]1(C)c1nc(Br)c2c(N)nccn12.S.S. The lowest BCUT2D eigenvalue weighted by Crippen LogP contribution is -2.41. The van der Waals surface area contributed by atoms with Crippen molar-refractivity contribution in [3.05, 3.63) is 22.8 Å². The summed E-state index contributed by atoms with van der Waals surface area (Å²) in [4.78, 5) is 20.4. The number of nitrogen functional groups attached to an aromatic ring is 1. The normalized spacial score (nSPS) is 25.1. The van der Waals surface area contributed by atoms with Gasteiger partial charge < -0.3 is 10.8 Å². The van der Waals surface area contributed by atoms with Crippen LogP contribution in [-0.4, -0.2) is 25.4 Å². The van der Waals surface area contributed by atoms with E-state index in [-0.39, 0.29) is 38.3 Å². The van der Waals surface area contributed by atoms with Crippen molar-refractivity contribution in [3.63, 3.8) is 0 Å². The summed E-state index contributed by atoms with van der Waals surface area (Å²) in [6, 6.07) is 0. The number of carboxylic acid groups (broad SMARTS) is 1. The van der Waals surface area contributed by atoms with Gasteiger partial charge in [0, 0.05) is 17.8 Å². The molecule has 1 aliphatic carbocycles. The van der Waals surface area contributed by atoms with E-state index in [1.165, 1.54) is 0 Å². The maximum absolute atomic E-state index is 11.6. The molecule has 0 aliphatic heterocycles. The molecule has 2 aromatic rings. The number of carbonyl (C=O) groups is 1. The van der Waals surface area contributed by atoms with Crippen LogP contribution in [0.5, 0.6) is 0 Å². The maximum atomic E-state index is 11.6. The van der Waals surface area contributed by atoms with Crippen molar-refractivity contribution in [3.8, 4) is 0 Å². The highest BCUT2D eigenvalue weighted by Gasteiger charge is 2.57. The first-order chi connectivity index (χ1) is 10.2. The Morgan fingerprint density at radius 1 is 1.42 bits per heavy atom. The first kappa shape index (κ1) is 21.1. The molecule has 1 fully saturated rings. The van der Waals surface area contributed by atoms with Gasteiger partial charge in [0.2, 0.25) is 0 Å². The molecule has 3 rings (SSSR count). The summed E-state index contributed by atoms with van der Waals surface area (Å²) < 4.78 is 2.57. The van der Waals surface area contributed by atoms with E-state index in [2.05, 4.69) is 32.8 Å². The number of anilines is 1. The van der Waals surface area contributed by atoms with Gasteiger partial charge in [-0.15, -0.1) is 0 Å². The smallest absolute Gasteiger partial charge is 0.307 e. The zero-order chi connectivity index (χ0) is 16.3. The second-order valence-electron chi connectivity index (χ2n) is 6.74. The highest BCUT2D eigenvalue weighted by molar-refractivity contribution is 9.10. The van der Waals surface area contributed by atoms with E-state index >= 15 is 0 Å². The van der Waals surface area contributed by atoms with Crippen molar-refractivity contribution >= 4 is 60.2 Å². The molecular formula is C15H23BrN4O2S2. The fourth-order valence-electron chi connectivity index (χ4n) is 3.74. The summed E-state index contributed by atoms with van der Waals surface area (Å²) in [7, 11) is 0. The minimum absolute atomic E-state index is 0. The number of nitrogens with zero attached hydrogens (tertiary/aromatic N) is 3. The van der Waals surface area contributed by atoms with Gasteiger partial charge in [-0.3, -0.25) is 9.20 Å². The average molecular weight is 435 g/mol. The van der Waals surface area contributed by atoms with Gasteiger partial charge in [0.05, 0.1) is 5.92 Å². The molecule has 3 N–H and O–H groups in total. The quantitative estimate of drug-likeness (QED) is 0.756. The number of aliphatic carboxylic acids is 1. The molecule has 0 amide bonds. The molecule has 24 heavy (non-hydrogen) atoms. The minimum Gasteiger partial charge on any atom is -0.481 e. The lowest BCUT2D eigenvalue weighted by molar-refractivity contribution is -0.145. The summed E-state index contributed by atoms with van der Waals surface area (Å²) in [6.07, 6.45) is 4.88. The van der Waals surface area contributed by atoms with Crippen LogP contribution in [0.4, 0.5) is 5.82 Å². The van der Waals surface area contributed by atoms with E-state index in [0.717, 1.165) is 17.8 Å². The molecule has 9 heteroatoms. The van der Waals surface area contributed by atoms with Crippen LogP contribution in [-0.2, 0) is 10.2 Å². The number of imidazole rings is 1. The number of hydrogen-bond acceptors (Lipinski definition) is 4. The van der Waals surface area contributed by atoms with Crippen LogP contribution < -0.4 is 5.73 Å². The van der Waals surface area contributed by atoms with Gasteiger partial charge in [0.1, 0.15) is 15.9 Å². The van der Waals surface area contributed by atoms with Crippen LogP contribution >= 0.6 is 42.9 Å². The molecule has 0 aromatic carbocycles. The highest BCUT2D eigenvalue weighted by atomic mass is 79.9. The van der Waals surface area contributed by atoms with Crippen LogP contribution in [0, 0.1) is 11.3 Å². The van der Waals surface area contributed by atoms with Crippen LogP contribution in [0.15, 0.2) is 17.0 Å². The second-order valence-corrected chi connectivity index (χ2v) is 7.49. The fraction of sp³-hybridized carbons (Fsp3) is 0.533. The largest absolute Gasteiger partial charge is 0.481 e. The van der Waals surface area contributed by atoms with Gasteiger partial charge in [-0.25, -0.2) is 9.97 Å². The Hall–Kier alpha value is -0.930. The van der Waals surface area contributed by atoms with Gasteiger partial charge in [0.15, 0.2) is 5.82 Å². The van der Waals surface area contributed by atoms with Crippen LogP contribution in [0.3, 0.4) is 0 Å². The Morgan fingerprint density at radius 2 is 2.04 bits per heavy atom. The lowest BCUT2D eigenvalue weighted by Gasteiger charge is -2.39. The summed E-state index contributed by atoms with van der Waals surface area (Å²) in [5, 5.41) is 9.52. The van der Waals surface area contributed by atoms with E-state index in [9.17, 15) is 9.90 Å². The Labute approximate surface area is 163 Å². The average Bonchev–Trinajstić information content (AvgIpc) is 2.88. The number of carboxylic acids is 1. The Morgan fingerprint density at radius 3 is 2.58 bits per heavy atom. The van der Waals surface area contributed by atoms with Gasteiger partial charge in [-0.1, -0.05) is 20.8 Å². The lowest BCUT2D eigenvalue weighted by atomic mass is 9.65. The first-order valence-corrected chi connectivity index (χ1v) is 8.01. The first-order valence-electron chi connectivity index (χ1n) is 7.21. The Balaban J connectivity index is 0.00000144. The molecule has 1 saturated carbocycles. The third-order valence-electron chi connectivity index (χ3n) is 5.56. The molecule has 0 bridgehead atoms. The van der Waals surface area contributed by atoms with Crippen molar-refractivity contribution in [2.24, 2.45) is 11.3 Å². The van der Waals surface area contributed by atoms with Gasteiger partial charge >= 0.3 is 5.97 Å². The van der Waals surface area contributed by atoms with Crippen molar-refractivity contribution in [1.82, 2.24) is 14.4 Å². The standard InChI is InChI=1S/C15H19BrN4O2.2H2S/c1-14(2)8(12(21)22)4-5-15(14,3)13-19-10(16)9-11(17)18-6-7-20(9)13;;/h6-8H,4-5H2,1-3H3,(H2,17,18)(H,21,22);2*1H2/t8-,15-;;/m1../s1. The molecule has 134 valence electrons. The van der Waals surface area contributed by atoms with Crippen molar-refractivity contribution < 1.29 is 9.90 Å². The van der Waals surface area contributed by atoms with Crippen molar-refractivity contribution in [2.45, 2.75) is 39.0 Å².